The molecule has 1 atom stereocenters. The highest BCUT2D eigenvalue weighted by atomic mass is 19.1. The quantitative estimate of drug-likeness (QED) is 0.757. The zero-order chi connectivity index (χ0) is 17.4. The molecule has 0 bridgehead atoms. The van der Waals surface area contributed by atoms with Gasteiger partial charge in [-0.15, -0.1) is 0 Å². The first-order chi connectivity index (χ1) is 11.6. The van der Waals surface area contributed by atoms with Crippen molar-refractivity contribution in [2.75, 3.05) is 26.7 Å². The van der Waals surface area contributed by atoms with E-state index in [4.69, 9.17) is 4.74 Å². The molecular weight excluding hydrogens is 307 g/mol. The first kappa shape index (κ1) is 17.9. The largest absolute Gasteiger partial charge is 0.492 e. The van der Waals surface area contributed by atoms with Gasteiger partial charge in [0.1, 0.15) is 18.2 Å². The normalized spacial score (nSPS) is 12.0. The fraction of sp³-hybridized carbons (Fsp3) is 0.316. The number of hydrogen-bond donors (Lipinski definition) is 1. The molecule has 1 N–H and O–H groups in total. The maximum absolute atomic E-state index is 13.0. The van der Waals surface area contributed by atoms with Crippen LogP contribution in [0.15, 0.2) is 54.6 Å². The molecule has 2 aromatic rings. The highest BCUT2D eigenvalue weighted by Gasteiger charge is 2.14. The van der Waals surface area contributed by atoms with Crippen molar-refractivity contribution in [2.45, 2.75) is 13.0 Å². The second kappa shape index (κ2) is 9.03. The van der Waals surface area contributed by atoms with Gasteiger partial charge in [0.2, 0.25) is 5.91 Å². The summed E-state index contributed by atoms with van der Waals surface area (Å²) in [5.41, 5.74) is 0.971. The number of rotatable bonds is 8. The predicted octanol–water partition coefficient (Wildman–Crippen LogP) is 3.01. The Balaban J connectivity index is 1.70. The number of hydrogen-bond acceptors (Lipinski definition) is 3. The summed E-state index contributed by atoms with van der Waals surface area (Å²) in [6.07, 6.45) is 0. The molecule has 5 heteroatoms. The van der Waals surface area contributed by atoms with E-state index in [1.54, 1.807) is 12.1 Å². The molecule has 0 aliphatic heterocycles. The van der Waals surface area contributed by atoms with Crippen LogP contribution in [-0.2, 0) is 4.79 Å². The van der Waals surface area contributed by atoms with Gasteiger partial charge in [0.25, 0.3) is 0 Å². The van der Waals surface area contributed by atoms with E-state index in [9.17, 15) is 9.18 Å². The van der Waals surface area contributed by atoms with Gasteiger partial charge in [-0.25, -0.2) is 4.39 Å². The summed E-state index contributed by atoms with van der Waals surface area (Å²) in [5.74, 6) is 0.460. The summed E-state index contributed by atoms with van der Waals surface area (Å²) in [6, 6.07) is 15.8. The summed E-state index contributed by atoms with van der Waals surface area (Å²) in [7, 11) is 1.87. The van der Waals surface area contributed by atoms with Crippen LogP contribution in [0.1, 0.15) is 18.5 Å². The Morgan fingerprint density at radius 3 is 2.50 bits per heavy atom. The summed E-state index contributed by atoms with van der Waals surface area (Å²) < 4.78 is 18.5. The van der Waals surface area contributed by atoms with Gasteiger partial charge in [-0.3, -0.25) is 9.69 Å². The number of halogens is 1. The number of carbonyl (C=O) groups is 1. The van der Waals surface area contributed by atoms with Crippen molar-refractivity contribution in [3.8, 4) is 5.75 Å². The lowest BCUT2D eigenvalue weighted by atomic mass is 10.1. The second-order valence-corrected chi connectivity index (χ2v) is 5.65. The van der Waals surface area contributed by atoms with Crippen molar-refractivity contribution >= 4 is 5.91 Å². The molecule has 0 saturated heterocycles. The highest BCUT2D eigenvalue weighted by molar-refractivity contribution is 5.78. The molecule has 2 rings (SSSR count). The van der Waals surface area contributed by atoms with E-state index < -0.39 is 0 Å². The van der Waals surface area contributed by atoms with Gasteiger partial charge in [0, 0.05) is 6.04 Å². The van der Waals surface area contributed by atoms with Gasteiger partial charge in [-0.1, -0.05) is 30.3 Å². The molecule has 128 valence electrons. The highest BCUT2D eigenvalue weighted by Crippen LogP contribution is 2.18. The topological polar surface area (TPSA) is 41.6 Å². The molecule has 0 aliphatic rings. The monoisotopic (exact) mass is 330 g/mol. The van der Waals surface area contributed by atoms with Gasteiger partial charge in [-0.2, -0.15) is 0 Å². The summed E-state index contributed by atoms with van der Waals surface area (Å²) >= 11 is 0. The number of benzene rings is 2. The molecular formula is C19H23FN2O2. The lowest BCUT2D eigenvalue weighted by Crippen LogP contribution is -2.38. The van der Waals surface area contributed by atoms with Crippen molar-refractivity contribution in [3.63, 3.8) is 0 Å². The third kappa shape index (κ3) is 5.66. The van der Waals surface area contributed by atoms with E-state index in [0.717, 1.165) is 11.3 Å². The average Bonchev–Trinajstić information content (AvgIpc) is 2.59. The zero-order valence-electron chi connectivity index (χ0n) is 14.0. The third-order valence-electron chi connectivity index (χ3n) is 3.84. The van der Waals surface area contributed by atoms with Crippen LogP contribution in [0.25, 0.3) is 0 Å². The minimum atomic E-state index is -0.259. The standard InChI is InChI=1S/C19H23FN2O2/c1-15(16-8-10-17(20)11-9-16)22(2)14-19(23)21-12-13-24-18-6-4-3-5-7-18/h3-11,15H,12-14H2,1-2H3,(H,21,23). The van der Waals surface area contributed by atoms with Crippen molar-refractivity contribution in [1.29, 1.82) is 0 Å². The molecule has 0 radical (unpaired) electrons. The number of carbonyl (C=O) groups excluding carboxylic acids is 1. The van der Waals surface area contributed by atoms with Crippen LogP contribution < -0.4 is 10.1 Å². The van der Waals surface area contributed by atoms with Crippen molar-refractivity contribution in [3.05, 3.63) is 66.0 Å². The van der Waals surface area contributed by atoms with Gasteiger partial charge in [0.05, 0.1) is 13.1 Å². The van der Waals surface area contributed by atoms with E-state index >= 15 is 0 Å². The average molecular weight is 330 g/mol. The first-order valence-corrected chi connectivity index (χ1v) is 7.96. The Morgan fingerprint density at radius 2 is 1.83 bits per heavy atom. The Labute approximate surface area is 142 Å². The van der Waals surface area contributed by atoms with Gasteiger partial charge < -0.3 is 10.1 Å². The molecule has 1 amide bonds. The minimum absolute atomic E-state index is 0.0249. The molecule has 2 aromatic carbocycles. The molecule has 24 heavy (non-hydrogen) atoms. The van der Waals surface area contributed by atoms with E-state index in [1.165, 1.54) is 12.1 Å². The molecule has 0 saturated carbocycles. The summed E-state index contributed by atoms with van der Waals surface area (Å²) in [5, 5.41) is 2.83. The minimum Gasteiger partial charge on any atom is -0.492 e. The Kier molecular flexibility index (Phi) is 6.75. The molecule has 0 spiro atoms. The zero-order valence-corrected chi connectivity index (χ0v) is 14.0. The van der Waals surface area contributed by atoms with E-state index in [-0.39, 0.29) is 24.3 Å². The van der Waals surface area contributed by atoms with Crippen LogP contribution in [0.3, 0.4) is 0 Å². The fourth-order valence-corrected chi connectivity index (χ4v) is 2.29. The number of para-hydroxylation sites is 1. The Morgan fingerprint density at radius 1 is 1.17 bits per heavy atom. The first-order valence-electron chi connectivity index (χ1n) is 7.96. The van der Waals surface area contributed by atoms with E-state index in [0.29, 0.717) is 13.2 Å². The molecule has 0 heterocycles. The number of amides is 1. The fourth-order valence-electron chi connectivity index (χ4n) is 2.29. The molecule has 0 fully saturated rings. The smallest absolute Gasteiger partial charge is 0.234 e. The van der Waals surface area contributed by atoms with Gasteiger partial charge in [-0.05, 0) is 43.8 Å². The van der Waals surface area contributed by atoms with Gasteiger partial charge in [0.15, 0.2) is 0 Å². The molecule has 4 nitrogen and oxygen atoms in total. The van der Waals surface area contributed by atoms with Crippen LogP contribution in [-0.4, -0.2) is 37.6 Å². The molecule has 0 aromatic heterocycles. The van der Waals surface area contributed by atoms with Crippen molar-refractivity contribution in [1.82, 2.24) is 10.2 Å². The Hall–Kier alpha value is -2.40. The van der Waals surface area contributed by atoms with Crippen LogP contribution in [0.2, 0.25) is 0 Å². The van der Waals surface area contributed by atoms with E-state index in [1.807, 2.05) is 49.2 Å². The summed E-state index contributed by atoms with van der Waals surface area (Å²) in [6.45, 7) is 3.13. The van der Waals surface area contributed by atoms with Gasteiger partial charge >= 0.3 is 0 Å². The van der Waals surface area contributed by atoms with Crippen LogP contribution in [0.5, 0.6) is 5.75 Å². The lowest BCUT2D eigenvalue weighted by Gasteiger charge is -2.24. The number of likely N-dealkylation sites (N-methyl/N-ethyl adjacent to an activating group) is 1. The lowest BCUT2D eigenvalue weighted by molar-refractivity contribution is -0.122. The molecule has 1 unspecified atom stereocenters. The number of ether oxygens (including phenoxy) is 1. The maximum Gasteiger partial charge on any atom is 0.234 e. The van der Waals surface area contributed by atoms with Crippen molar-refractivity contribution < 1.29 is 13.9 Å². The van der Waals surface area contributed by atoms with Crippen molar-refractivity contribution in [2.24, 2.45) is 0 Å². The number of nitrogens with zero attached hydrogens (tertiary/aromatic N) is 1. The SMILES string of the molecule is CC(c1ccc(F)cc1)N(C)CC(=O)NCCOc1ccccc1. The van der Waals surface area contributed by atoms with Crippen LogP contribution in [0.4, 0.5) is 4.39 Å². The van der Waals surface area contributed by atoms with Crippen LogP contribution in [0, 0.1) is 5.82 Å². The summed E-state index contributed by atoms with van der Waals surface area (Å²) in [4.78, 5) is 13.9. The third-order valence-corrected chi connectivity index (χ3v) is 3.84. The Bertz CT molecular complexity index is 632. The second-order valence-electron chi connectivity index (χ2n) is 5.65. The predicted molar refractivity (Wildman–Crippen MR) is 92.4 cm³/mol. The van der Waals surface area contributed by atoms with E-state index in [2.05, 4.69) is 5.32 Å². The molecule has 0 aliphatic carbocycles. The number of nitrogens with one attached hydrogen (secondary N) is 1. The van der Waals surface area contributed by atoms with Crippen LogP contribution >= 0.6 is 0 Å². The maximum atomic E-state index is 13.0.